The normalized spacial score (nSPS) is 13.5. The van der Waals surface area contributed by atoms with E-state index in [1.165, 1.54) is 12.1 Å². The van der Waals surface area contributed by atoms with E-state index in [0.717, 1.165) is 22.0 Å². The highest BCUT2D eigenvalue weighted by atomic mass is 19.1. The SMILES string of the molecule is O=C(NCC(c1ccc(F)cc1)c1c[nH]c2ccccc12)Nc1ccc2c(c1)OCCO2. The lowest BCUT2D eigenvalue weighted by molar-refractivity contribution is 0.171. The second kappa shape index (κ2) is 8.63. The zero-order valence-electron chi connectivity index (χ0n) is 17.2. The zero-order valence-corrected chi connectivity index (χ0v) is 17.2. The van der Waals surface area contributed by atoms with Crippen LogP contribution in [0.2, 0.25) is 0 Å². The molecule has 0 aliphatic carbocycles. The van der Waals surface area contributed by atoms with Crippen molar-refractivity contribution in [2.75, 3.05) is 25.1 Å². The molecule has 2 heterocycles. The van der Waals surface area contributed by atoms with Gasteiger partial charge in [-0.2, -0.15) is 0 Å². The summed E-state index contributed by atoms with van der Waals surface area (Å²) in [4.78, 5) is 15.9. The standard InChI is InChI=1S/C25H22FN3O3/c26-17-7-5-16(6-8-17)20(21-15-27-22-4-2-1-3-19(21)22)14-28-25(30)29-18-9-10-23-24(13-18)32-12-11-31-23/h1-10,13,15,20,27H,11-12,14H2,(H2,28,29,30). The summed E-state index contributed by atoms with van der Waals surface area (Å²) in [5, 5.41) is 6.85. The maximum atomic E-state index is 13.5. The van der Waals surface area contributed by atoms with Crippen molar-refractivity contribution in [2.45, 2.75) is 5.92 Å². The van der Waals surface area contributed by atoms with E-state index >= 15 is 0 Å². The zero-order chi connectivity index (χ0) is 21.9. The summed E-state index contributed by atoms with van der Waals surface area (Å²) in [6.45, 7) is 1.33. The number of para-hydroxylation sites is 1. The summed E-state index contributed by atoms with van der Waals surface area (Å²) in [5.74, 6) is 0.823. The number of H-pyrrole nitrogens is 1. The van der Waals surface area contributed by atoms with Gasteiger partial charge < -0.3 is 25.1 Å². The predicted octanol–water partition coefficient (Wildman–Crippen LogP) is 5.03. The summed E-state index contributed by atoms with van der Waals surface area (Å²) < 4.78 is 24.6. The summed E-state index contributed by atoms with van der Waals surface area (Å²) in [6, 6.07) is 19.3. The van der Waals surface area contributed by atoms with Gasteiger partial charge in [-0.1, -0.05) is 30.3 Å². The second-order valence-corrected chi connectivity index (χ2v) is 7.59. The first-order chi connectivity index (χ1) is 15.7. The number of aromatic nitrogens is 1. The van der Waals surface area contributed by atoms with Gasteiger partial charge in [0.2, 0.25) is 0 Å². The number of ether oxygens (including phenoxy) is 2. The molecule has 0 saturated carbocycles. The van der Waals surface area contributed by atoms with Crippen LogP contribution >= 0.6 is 0 Å². The van der Waals surface area contributed by atoms with Gasteiger partial charge >= 0.3 is 6.03 Å². The molecule has 32 heavy (non-hydrogen) atoms. The van der Waals surface area contributed by atoms with E-state index in [-0.39, 0.29) is 17.8 Å². The molecule has 1 atom stereocenters. The Bertz CT molecular complexity index is 1250. The average molecular weight is 431 g/mol. The number of amides is 2. The van der Waals surface area contributed by atoms with Crippen molar-refractivity contribution < 1.29 is 18.7 Å². The minimum atomic E-state index is -0.339. The Hall–Kier alpha value is -4.00. The molecule has 1 aliphatic heterocycles. The number of fused-ring (bicyclic) bond motifs is 2. The molecule has 1 aromatic heterocycles. The first-order valence-corrected chi connectivity index (χ1v) is 10.4. The molecule has 0 spiro atoms. The number of benzene rings is 3. The number of nitrogens with one attached hydrogen (secondary N) is 3. The Morgan fingerprint density at radius 3 is 2.62 bits per heavy atom. The highest BCUT2D eigenvalue weighted by molar-refractivity contribution is 5.90. The molecule has 6 nitrogen and oxygen atoms in total. The number of carbonyl (C=O) groups excluding carboxylic acids is 1. The van der Waals surface area contributed by atoms with E-state index in [9.17, 15) is 9.18 Å². The van der Waals surface area contributed by atoms with Crippen molar-refractivity contribution in [3.05, 3.63) is 89.9 Å². The maximum Gasteiger partial charge on any atom is 0.319 e. The van der Waals surface area contributed by atoms with Crippen LogP contribution in [-0.2, 0) is 0 Å². The van der Waals surface area contributed by atoms with Crippen LogP contribution in [0.3, 0.4) is 0 Å². The second-order valence-electron chi connectivity index (χ2n) is 7.59. The summed E-state index contributed by atoms with van der Waals surface area (Å²) in [6.07, 6.45) is 1.94. The number of anilines is 1. The molecule has 0 bridgehead atoms. The number of rotatable bonds is 5. The van der Waals surface area contributed by atoms with Gasteiger partial charge in [0.1, 0.15) is 19.0 Å². The minimum absolute atomic E-state index is 0.155. The van der Waals surface area contributed by atoms with Crippen LogP contribution in [0.15, 0.2) is 72.9 Å². The van der Waals surface area contributed by atoms with Crippen molar-refractivity contribution in [1.29, 1.82) is 0 Å². The van der Waals surface area contributed by atoms with Crippen molar-refractivity contribution in [3.63, 3.8) is 0 Å². The predicted molar refractivity (Wildman–Crippen MR) is 121 cm³/mol. The van der Waals surface area contributed by atoms with Crippen LogP contribution in [0.25, 0.3) is 10.9 Å². The molecule has 4 aromatic rings. The molecule has 7 heteroatoms. The number of hydrogen-bond donors (Lipinski definition) is 3. The topological polar surface area (TPSA) is 75.4 Å². The van der Waals surface area contributed by atoms with Crippen molar-refractivity contribution in [2.24, 2.45) is 0 Å². The molecular formula is C25H22FN3O3. The van der Waals surface area contributed by atoms with Crippen LogP contribution < -0.4 is 20.1 Å². The van der Waals surface area contributed by atoms with Gasteiger partial charge in [0.25, 0.3) is 0 Å². The molecule has 1 aliphatic rings. The number of carbonyl (C=O) groups is 1. The molecule has 0 fully saturated rings. The fraction of sp³-hybridized carbons (Fsp3) is 0.160. The molecule has 5 rings (SSSR count). The molecule has 2 amide bonds. The van der Waals surface area contributed by atoms with Crippen molar-refractivity contribution in [3.8, 4) is 11.5 Å². The molecule has 0 radical (unpaired) electrons. The number of halogens is 1. The maximum absolute atomic E-state index is 13.5. The van der Waals surface area contributed by atoms with Gasteiger partial charge in [0.05, 0.1) is 0 Å². The third-order valence-corrected chi connectivity index (χ3v) is 5.54. The molecule has 1 unspecified atom stereocenters. The monoisotopic (exact) mass is 431 g/mol. The first-order valence-electron chi connectivity index (χ1n) is 10.4. The van der Waals surface area contributed by atoms with Crippen LogP contribution in [0.5, 0.6) is 11.5 Å². The lowest BCUT2D eigenvalue weighted by Crippen LogP contribution is -2.32. The highest BCUT2D eigenvalue weighted by Crippen LogP contribution is 2.33. The number of aromatic amines is 1. The number of hydrogen-bond acceptors (Lipinski definition) is 3. The van der Waals surface area contributed by atoms with E-state index in [4.69, 9.17) is 9.47 Å². The van der Waals surface area contributed by atoms with Crippen LogP contribution in [0.1, 0.15) is 17.0 Å². The lowest BCUT2D eigenvalue weighted by Gasteiger charge is -2.20. The van der Waals surface area contributed by atoms with E-state index in [2.05, 4.69) is 15.6 Å². The minimum Gasteiger partial charge on any atom is -0.486 e. The first kappa shape index (κ1) is 19.9. The summed E-state index contributed by atoms with van der Waals surface area (Å²) >= 11 is 0. The van der Waals surface area contributed by atoms with Crippen LogP contribution in [0.4, 0.5) is 14.9 Å². The summed E-state index contributed by atoms with van der Waals surface area (Å²) in [7, 11) is 0. The Morgan fingerprint density at radius 2 is 1.78 bits per heavy atom. The van der Waals surface area contributed by atoms with Crippen molar-refractivity contribution >= 4 is 22.6 Å². The molecule has 0 saturated heterocycles. The molecular weight excluding hydrogens is 409 g/mol. The van der Waals surface area contributed by atoms with Crippen LogP contribution in [-0.4, -0.2) is 30.8 Å². The van der Waals surface area contributed by atoms with Crippen LogP contribution in [0, 0.1) is 5.82 Å². The smallest absolute Gasteiger partial charge is 0.319 e. The fourth-order valence-corrected chi connectivity index (χ4v) is 3.98. The largest absolute Gasteiger partial charge is 0.486 e. The van der Waals surface area contributed by atoms with Crippen molar-refractivity contribution in [1.82, 2.24) is 10.3 Å². The van der Waals surface area contributed by atoms with E-state index in [1.54, 1.807) is 30.3 Å². The van der Waals surface area contributed by atoms with Gasteiger partial charge in [0, 0.05) is 41.3 Å². The fourth-order valence-electron chi connectivity index (χ4n) is 3.98. The van der Waals surface area contributed by atoms with Gasteiger partial charge in [-0.25, -0.2) is 9.18 Å². The van der Waals surface area contributed by atoms with Gasteiger partial charge in [0.15, 0.2) is 11.5 Å². The third-order valence-electron chi connectivity index (χ3n) is 5.54. The average Bonchev–Trinajstić information content (AvgIpc) is 3.24. The van der Waals surface area contributed by atoms with E-state index < -0.39 is 0 Å². The Labute approximate surface area is 184 Å². The van der Waals surface area contributed by atoms with Gasteiger partial charge in [-0.3, -0.25) is 0 Å². The van der Waals surface area contributed by atoms with Gasteiger partial charge in [-0.15, -0.1) is 0 Å². The Morgan fingerprint density at radius 1 is 1.00 bits per heavy atom. The highest BCUT2D eigenvalue weighted by Gasteiger charge is 2.20. The quantitative estimate of drug-likeness (QED) is 0.415. The molecule has 3 N–H and O–H groups in total. The molecule has 3 aromatic carbocycles. The molecule has 162 valence electrons. The summed E-state index contributed by atoms with van der Waals surface area (Å²) in [5.41, 5.74) is 3.56. The van der Waals surface area contributed by atoms with Gasteiger partial charge in [-0.05, 0) is 41.5 Å². The third kappa shape index (κ3) is 4.09. The Balaban J connectivity index is 1.35. The lowest BCUT2D eigenvalue weighted by atomic mass is 9.91. The van der Waals surface area contributed by atoms with E-state index in [1.807, 2.05) is 30.5 Å². The van der Waals surface area contributed by atoms with E-state index in [0.29, 0.717) is 36.9 Å². The Kier molecular flexibility index (Phi) is 5.37. The number of urea groups is 1.